The second kappa shape index (κ2) is 4.73. The Morgan fingerprint density at radius 3 is 2.82 bits per heavy atom. The molecule has 0 radical (unpaired) electrons. The molecule has 66 valence electrons. The molecular weight excluding hydrogens is 140 g/mol. The monoisotopic (exact) mass is 158 g/mol. The van der Waals surface area contributed by atoms with Crippen LogP contribution in [-0.4, -0.2) is 24.4 Å². The Morgan fingerprint density at radius 1 is 1.55 bits per heavy atom. The van der Waals surface area contributed by atoms with Crippen LogP contribution in [0.15, 0.2) is 0 Å². The largest absolute Gasteiger partial charge is 0.391 e. The summed E-state index contributed by atoms with van der Waals surface area (Å²) < 4.78 is 5.22. The first-order valence-electron chi connectivity index (χ1n) is 4.58. The highest BCUT2D eigenvalue weighted by molar-refractivity contribution is 4.76. The summed E-state index contributed by atoms with van der Waals surface area (Å²) in [7, 11) is 0. The molecule has 1 N–H and O–H groups in total. The number of hydrogen-bond donors (Lipinski definition) is 1. The lowest BCUT2D eigenvalue weighted by Gasteiger charge is -2.09. The molecule has 1 aliphatic rings. The normalized spacial score (nSPS) is 20.2. The Bertz CT molecular complexity index is 99.7. The van der Waals surface area contributed by atoms with Gasteiger partial charge < -0.3 is 9.84 Å². The number of aliphatic hydroxyl groups is 1. The summed E-state index contributed by atoms with van der Waals surface area (Å²) in [4.78, 5) is 0. The lowest BCUT2D eigenvalue weighted by molar-refractivity contribution is 0.0301. The van der Waals surface area contributed by atoms with Gasteiger partial charge in [0.15, 0.2) is 0 Å². The van der Waals surface area contributed by atoms with Crippen LogP contribution in [0.25, 0.3) is 0 Å². The van der Waals surface area contributed by atoms with Crippen LogP contribution in [0.5, 0.6) is 0 Å². The van der Waals surface area contributed by atoms with Crippen molar-refractivity contribution < 1.29 is 9.84 Å². The zero-order valence-corrected chi connectivity index (χ0v) is 7.25. The van der Waals surface area contributed by atoms with Gasteiger partial charge in [0.05, 0.1) is 12.7 Å². The first-order valence-corrected chi connectivity index (χ1v) is 4.58. The molecule has 0 aliphatic heterocycles. The summed E-state index contributed by atoms with van der Waals surface area (Å²) in [5.41, 5.74) is 0. The molecular formula is C9H18O2. The van der Waals surface area contributed by atoms with Crippen molar-refractivity contribution in [3.8, 4) is 0 Å². The molecule has 0 aromatic carbocycles. The van der Waals surface area contributed by atoms with Crippen molar-refractivity contribution >= 4 is 0 Å². The summed E-state index contributed by atoms with van der Waals surface area (Å²) in [5, 5.41) is 9.36. The molecule has 0 spiro atoms. The van der Waals surface area contributed by atoms with Gasteiger partial charge in [-0.25, -0.2) is 0 Å². The average molecular weight is 158 g/mol. The van der Waals surface area contributed by atoms with E-state index in [0.29, 0.717) is 6.61 Å². The second-order valence-corrected chi connectivity index (χ2v) is 3.41. The molecule has 0 aromatic heterocycles. The zero-order valence-electron chi connectivity index (χ0n) is 7.25. The maximum atomic E-state index is 9.36. The molecule has 1 fully saturated rings. The third kappa shape index (κ3) is 4.38. The van der Waals surface area contributed by atoms with Crippen molar-refractivity contribution in [3.05, 3.63) is 0 Å². The smallest absolute Gasteiger partial charge is 0.0776 e. The third-order valence-electron chi connectivity index (χ3n) is 1.96. The third-order valence-corrected chi connectivity index (χ3v) is 1.96. The van der Waals surface area contributed by atoms with Crippen molar-refractivity contribution in [3.63, 3.8) is 0 Å². The second-order valence-electron chi connectivity index (χ2n) is 3.41. The van der Waals surface area contributed by atoms with Crippen LogP contribution < -0.4 is 0 Å². The lowest BCUT2D eigenvalue weighted by atomic mass is 10.2. The van der Waals surface area contributed by atoms with Gasteiger partial charge in [-0.1, -0.05) is 19.8 Å². The van der Waals surface area contributed by atoms with Gasteiger partial charge in [-0.05, 0) is 18.8 Å². The molecule has 0 bridgehead atoms. The summed E-state index contributed by atoms with van der Waals surface area (Å²) in [6, 6.07) is 0. The Labute approximate surface area is 68.6 Å². The highest BCUT2D eigenvalue weighted by Crippen LogP contribution is 2.33. The summed E-state index contributed by atoms with van der Waals surface area (Å²) in [5.74, 6) is 0.801. The minimum atomic E-state index is -0.214. The molecule has 1 aliphatic carbocycles. The van der Waals surface area contributed by atoms with E-state index in [1.807, 2.05) is 0 Å². The maximum absolute atomic E-state index is 9.36. The summed E-state index contributed by atoms with van der Waals surface area (Å²) >= 11 is 0. The van der Waals surface area contributed by atoms with Crippen LogP contribution in [0.1, 0.15) is 32.6 Å². The molecule has 1 atom stereocenters. The van der Waals surface area contributed by atoms with Crippen molar-refractivity contribution in [1.29, 1.82) is 0 Å². The zero-order chi connectivity index (χ0) is 8.10. The van der Waals surface area contributed by atoms with Crippen LogP contribution in [0.4, 0.5) is 0 Å². The molecule has 1 unspecified atom stereocenters. The molecule has 2 heteroatoms. The molecule has 0 amide bonds. The number of aliphatic hydroxyl groups excluding tert-OH is 1. The maximum Gasteiger partial charge on any atom is 0.0776 e. The van der Waals surface area contributed by atoms with E-state index in [2.05, 4.69) is 6.92 Å². The molecule has 0 heterocycles. The van der Waals surface area contributed by atoms with Crippen LogP contribution in [0.2, 0.25) is 0 Å². The van der Waals surface area contributed by atoms with Gasteiger partial charge in [-0.3, -0.25) is 0 Å². The predicted molar refractivity (Wildman–Crippen MR) is 44.5 cm³/mol. The van der Waals surface area contributed by atoms with Crippen LogP contribution >= 0.6 is 0 Å². The first-order chi connectivity index (χ1) is 5.33. The fourth-order valence-electron chi connectivity index (χ4n) is 1.17. The summed E-state index contributed by atoms with van der Waals surface area (Å²) in [6.07, 6.45) is 4.39. The van der Waals surface area contributed by atoms with Crippen molar-refractivity contribution in [2.75, 3.05) is 13.2 Å². The Kier molecular flexibility index (Phi) is 3.87. The topological polar surface area (TPSA) is 29.5 Å². The van der Waals surface area contributed by atoms with Crippen LogP contribution in [-0.2, 0) is 4.74 Å². The Balaban J connectivity index is 1.87. The van der Waals surface area contributed by atoms with Crippen LogP contribution in [0, 0.1) is 5.92 Å². The van der Waals surface area contributed by atoms with Gasteiger partial charge in [0.25, 0.3) is 0 Å². The highest BCUT2D eigenvalue weighted by atomic mass is 16.5. The Morgan fingerprint density at radius 2 is 2.27 bits per heavy atom. The minimum Gasteiger partial charge on any atom is -0.391 e. The van der Waals surface area contributed by atoms with E-state index < -0.39 is 0 Å². The molecule has 0 saturated heterocycles. The van der Waals surface area contributed by atoms with Crippen molar-refractivity contribution in [1.82, 2.24) is 0 Å². The fraction of sp³-hybridized carbons (Fsp3) is 1.00. The standard InChI is InChI=1S/C9H18O2/c1-2-5-11-7-9(10)6-8-3-4-8/h8-10H,2-7H2,1H3. The SMILES string of the molecule is CCCOCC(O)CC1CC1. The van der Waals surface area contributed by atoms with E-state index in [1.54, 1.807) is 0 Å². The molecule has 0 aromatic rings. The first kappa shape index (κ1) is 9.01. The van der Waals surface area contributed by atoms with Gasteiger partial charge in [0, 0.05) is 6.61 Å². The Hall–Kier alpha value is -0.0800. The van der Waals surface area contributed by atoms with Crippen LogP contribution in [0.3, 0.4) is 0 Å². The lowest BCUT2D eigenvalue weighted by Crippen LogP contribution is -2.16. The highest BCUT2D eigenvalue weighted by Gasteiger charge is 2.24. The van der Waals surface area contributed by atoms with E-state index in [9.17, 15) is 5.11 Å². The number of hydrogen-bond acceptors (Lipinski definition) is 2. The van der Waals surface area contributed by atoms with E-state index in [4.69, 9.17) is 4.74 Å². The van der Waals surface area contributed by atoms with Crippen molar-refractivity contribution in [2.24, 2.45) is 5.92 Å². The fourth-order valence-corrected chi connectivity index (χ4v) is 1.17. The predicted octanol–water partition coefficient (Wildman–Crippen LogP) is 1.57. The quantitative estimate of drug-likeness (QED) is 0.595. The van der Waals surface area contributed by atoms with E-state index >= 15 is 0 Å². The van der Waals surface area contributed by atoms with E-state index in [0.717, 1.165) is 25.4 Å². The summed E-state index contributed by atoms with van der Waals surface area (Å²) in [6.45, 7) is 3.39. The van der Waals surface area contributed by atoms with Gasteiger partial charge in [0.1, 0.15) is 0 Å². The molecule has 11 heavy (non-hydrogen) atoms. The van der Waals surface area contributed by atoms with Gasteiger partial charge in [-0.2, -0.15) is 0 Å². The average Bonchev–Trinajstić information content (AvgIpc) is 2.72. The minimum absolute atomic E-state index is 0.214. The van der Waals surface area contributed by atoms with E-state index in [-0.39, 0.29) is 6.10 Å². The molecule has 1 rings (SSSR count). The van der Waals surface area contributed by atoms with Gasteiger partial charge in [0.2, 0.25) is 0 Å². The number of ether oxygens (including phenoxy) is 1. The number of rotatable bonds is 6. The van der Waals surface area contributed by atoms with Gasteiger partial charge in [-0.15, -0.1) is 0 Å². The molecule has 2 nitrogen and oxygen atoms in total. The van der Waals surface area contributed by atoms with Gasteiger partial charge >= 0.3 is 0 Å². The van der Waals surface area contributed by atoms with Crippen molar-refractivity contribution in [2.45, 2.75) is 38.7 Å². The van der Waals surface area contributed by atoms with E-state index in [1.165, 1.54) is 12.8 Å². The molecule has 1 saturated carbocycles.